The average molecular weight is 333 g/mol. The SMILES string of the molecule is Cc1ccsc1-c1nc(NC(=O)CCNC(=O)[C@@H]2C[C@H]2C)n[nH]1. The number of carbonyl (C=O) groups is 2. The zero-order chi connectivity index (χ0) is 16.4. The van der Waals surface area contributed by atoms with Gasteiger partial charge >= 0.3 is 0 Å². The number of aromatic nitrogens is 3. The highest BCUT2D eigenvalue weighted by atomic mass is 32.1. The zero-order valence-electron chi connectivity index (χ0n) is 13.0. The number of nitrogens with zero attached hydrogens (tertiary/aromatic N) is 2. The fourth-order valence-corrected chi connectivity index (χ4v) is 3.20. The van der Waals surface area contributed by atoms with Crippen molar-refractivity contribution in [2.75, 3.05) is 11.9 Å². The topological polar surface area (TPSA) is 99.8 Å². The van der Waals surface area contributed by atoms with Crippen LogP contribution < -0.4 is 10.6 Å². The average Bonchev–Trinajstić information content (AvgIpc) is 2.88. The first kappa shape index (κ1) is 15.7. The third kappa shape index (κ3) is 3.76. The molecule has 122 valence electrons. The van der Waals surface area contributed by atoms with Gasteiger partial charge in [0.15, 0.2) is 5.82 Å². The van der Waals surface area contributed by atoms with Gasteiger partial charge in [0.25, 0.3) is 0 Å². The number of anilines is 1. The van der Waals surface area contributed by atoms with Crippen molar-refractivity contribution in [2.24, 2.45) is 11.8 Å². The van der Waals surface area contributed by atoms with Gasteiger partial charge in [-0.2, -0.15) is 4.98 Å². The lowest BCUT2D eigenvalue weighted by Gasteiger charge is -2.04. The van der Waals surface area contributed by atoms with E-state index in [1.807, 2.05) is 25.3 Å². The van der Waals surface area contributed by atoms with Crippen LogP contribution in [-0.2, 0) is 9.59 Å². The maximum absolute atomic E-state index is 11.9. The number of aromatic amines is 1. The van der Waals surface area contributed by atoms with E-state index >= 15 is 0 Å². The van der Waals surface area contributed by atoms with Gasteiger partial charge in [-0.3, -0.25) is 20.0 Å². The van der Waals surface area contributed by atoms with Crippen LogP contribution in [0.4, 0.5) is 5.95 Å². The summed E-state index contributed by atoms with van der Waals surface area (Å²) < 4.78 is 0. The zero-order valence-corrected chi connectivity index (χ0v) is 13.9. The van der Waals surface area contributed by atoms with Crippen molar-refractivity contribution in [2.45, 2.75) is 26.7 Å². The Bertz CT molecular complexity index is 723. The molecule has 1 fully saturated rings. The molecule has 0 spiro atoms. The van der Waals surface area contributed by atoms with Crippen LogP contribution in [0.5, 0.6) is 0 Å². The smallest absolute Gasteiger partial charge is 0.249 e. The first-order valence-corrected chi connectivity index (χ1v) is 8.47. The monoisotopic (exact) mass is 333 g/mol. The second kappa shape index (κ2) is 6.49. The molecule has 1 aliphatic carbocycles. The molecular weight excluding hydrogens is 314 g/mol. The highest BCUT2D eigenvalue weighted by Gasteiger charge is 2.38. The van der Waals surface area contributed by atoms with Crippen molar-refractivity contribution in [3.05, 3.63) is 17.0 Å². The molecule has 0 radical (unpaired) electrons. The van der Waals surface area contributed by atoms with Crippen molar-refractivity contribution in [3.8, 4) is 10.7 Å². The van der Waals surface area contributed by atoms with Gasteiger partial charge in [-0.25, -0.2) is 0 Å². The van der Waals surface area contributed by atoms with Gasteiger partial charge in [-0.05, 0) is 36.3 Å². The summed E-state index contributed by atoms with van der Waals surface area (Å²) in [6.45, 7) is 4.37. The van der Waals surface area contributed by atoms with E-state index in [2.05, 4.69) is 25.8 Å². The molecule has 3 rings (SSSR count). The van der Waals surface area contributed by atoms with Crippen LogP contribution >= 0.6 is 11.3 Å². The standard InChI is InChI=1S/C15H19N5O2S/c1-8-4-6-23-12(8)13-18-15(20-19-13)17-11(21)3-5-16-14(22)10-7-9(10)2/h4,6,9-10H,3,5,7H2,1-2H3,(H,16,22)(H2,17,18,19,20,21)/t9-,10-/m1/s1. The summed E-state index contributed by atoms with van der Waals surface area (Å²) in [6, 6.07) is 2.00. The molecule has 2 amide bonds. The van der Waals surface area contributed by atoms with Crippen LogP contribution in [0.3, 0.4) is 0 Å². The summed E-state index contributed by atoms with van der Waals surface area (Å²) in [7, 11) is 0. The van der Waals surface area contributed by atoms with Gasteiger partial charge < -0.3 is 5.32 Å². The van der Waals surface area contributed by atoms with E-state index < -0.39 is 0 Å². The number of amides is 2. The number of nitrogens with one attached hydrogen (secondary N) is 3. The summed E-state index contributed by atoms with van der Waals surface area (Å²) in [5.41, 5.74) is 1.11. The number of rotatable bonds is 6. The Morgan fingerprint density at radius 1 is 1.48 bits per heavy atom. The van der Waals surface area contributed by atoms with Gasteiger partial charge in [0.1, 0.15) is 0 Å². The first-order chi connectivity index (χ1) is 11.0. The van der Waals surface area contributed by atoms with Crippen molar-refractivity contribution >= 4 is 29.1 Å². The molecule has 1 saturated carbocycles. The van der Waals surface area contributed by atoms with Crippen LogP contribution in [0.25, 0.3) is 10.7 Å². The lowest BCUT2D eigenvalue weighted by molar-refractivity contribution is -0.122. The second-order valence-corrected chi connectivity index (χ2v) is 6.77. The Morgan fingerprint density at radius 3 is 2.91 bits per heavy atom. The summed E-state index contributed by atoms with van der Waals surface area (Å²) in [5, 5.41) is 14.2. The van der Waals surface area contributed by atoms with Crippen LogP contribution in [0.15, 0.2) is 11.4 Å². The molecular formula is C15H19N5O2S. The van der Waals surface area contributed by atoms with E-state index in [4.69, 9.17) is 0 Å². The van der Waals surface area contributed by atoms with Crippen LogP contribution in [0, 0.1) is 18.8 Å². The molecule has 2 heterocycles. The third-order valence-corrected chi connectivity index (χ3v) is 4.93. The van der Waals surface area contributed by atoms with Crippen molar-refractivity contribution in [1.29, 1.82) is 0 Å². The van der Waals surface area contributed by atoms with E-state index in [0.29, 0.717) is 18.3 Å². The summed E-state index contributed by atoms with van der Waals surface area (Å²) in [5.74, 6) is 1.31. The molecule has 0 aromatic carbocycles. The molecule has 1 aliphatic rings. The number of thiophene rings is 1. The van der Waals surface area contributed by atoms with E-state index in [9.17, 15) is 9.59 Å². The van der Waals surface area contributed by atoms with E-state index in [1.54, 1.807) is 11.3 Å². The minimum atomic E-state index is -0.220. The molecule has 8 heteroatoms. The van der Waals surface area contributed by atoms with Crippen LogP contribution in [0.2, 0.25) is 0 Å². The quantitative estimate of drug-likeness (QED) is 0.752. The fourth-order valence-electron chi connectivity index (χ4n) is 2.34. The Hall–Kier alpha value is -2.22. The van der Waals surface area contributed by atoms with Gasteiger partial charge in [0.05, 0.1) is 4.88 Å². The molecule has 3 N–H and O–H groups in total. The Balaban J connectivity index is 1.46. The Morgan fingerprint density at radius 2 is 2.26 bits per heavy atom. The van der Waals surface area contributed by atoms with Gasteiger partial charge in [0, 0.05) is 18.9 Å². The van der Waals surface area contributed by atoms with E-state index in [1.165, 1.54) is 0 Å². The molecule has 0 saturated heterocycles. The fraction of sp³-hybridized carbons (Fsp3) is 0.467. The lowest BCUT2D eigenvalue weighted by atomic mass is 10.3. The first-order valence-electron chi connectivity index (χ1n) is 7.59. The maximum atomic E-state index is 11.9. The number of hydrogen-bond acceptors (Lipinski definition) is 5. The molecule has 23 heavy (non-hydrogen) atoms. The normalized spacial score (nSPS) is 19.4. The van der Waals surface area contributed by atoms with Crippen LogP contribution in [0.1, 0.15) is 25.3 Å². The van der Waals surface area contributed by atoms with Crippen LogP contribution in [-0.4, -0.2) is 33.5 Å². The predicted octanol–water partition coefficient (Wildman–Crippen LogP) is 1.94. The van der Waals surface area contributed by atoms with Crippen molar-refractivity contribution < 1.29 is 9.59 Å². The predicted molar refractivity (Wildman–Crippen MR) is 88.0 cm³/mol. The molecule has 2 aromatic rings. The molecule has 2 atom stereocenters. The molecule has 7 nitrogen and oxygen atoms in total. The van der Waals surface area contributed by atoms with Crippen molar-refractivity contribution in [1.82, 2.24) is 20.5 Å². The minimum absolute atomic E-state index is 0.0404. The number of H-pyrrole nitrogens is 1. The molecule has 0 bridgehead atoms. The molecule has 2 aromatic heterocycles. The van der Waals surface area contributed by atoms with E-state index in [-0.39, 0.29) is 30.1 Å². The second-order valence-electron chi connectivity index (χ2n) is 5.85. The third-order valence-electron chi connectivity index (χ3n) is 3.91. The van der Waals surface area contributed by atoms with Gasteiger partial charge in [-0.15, -0.1) is 16.4 Å². The summed E-state index contributed by atoms with van der Waals surface area (Å²) in [4.78, 5) is 28.8. The highest BCUT2D eigenvalue weighted by Crippen LogP contribution is 2.37. The van der Waals surface area contributed by atoms with E-state index in [0.717, 1.165) is 16.9 Å². The highest BCUT2D eigenvalue weighted by molar-refractivity contribution is 7.13. The van der Waals surface area contributed by atoms with Gasteiger partial charge in [0.2, 0.25) is 17.8 Å². The van der Waals surface area contributed by atoms with Crippen molar-refractivity contribution in [3.63, 3.8) is 0 Å². The van der Waals surface area contributed by atoms with Gasteiger partial charge in [-0.1, -0.05) is 6.92 Å². The number of aryl methyl sites for hydroxylation is 1. The number of carbonyl (C=O) groups excluding carboxylic acids is 2. The molecule has 0 unspecified atom stereocenters. The maximum Gasteiger partial charge on any atom is 0.249 e. The summed E-state index contributed by atoms with van der Waals surface area (Å²) >= 11 is 1.57. The molecule has 0 aliphatic heterocycles. The Kier molecular flexibility index (Phi) is 4.42. The number of hydrogen-bond donors (Lipinski definition) is 3. The lowest BCUT2D eigenvalue weighted by Crippen LogP contribution is -2.29. The minimum Gasteiger partial charge on any atom is -0.355 e. The Labute approximate surface area is 137 Å². The largest absolute Gasteiger partial charge is 0.355 e. The summed E-state index contributed by atoms with van der Waals surface area (Å²) in [6.07, 6.45) is 1.15.